The normalized spacial score (nSPS) is 12.5. The summed E-state index contributed by atoms with van der Waals surface area (Å²) in [5.41, 5.74) is 2.49. The summed E-state index contributed by atoms with van der Waals surface area (Å²) in [7, 11) is 1.98. The minimum absolute atomic E-state index is 0.516. The fraction of sp³-hybridized carbons (Fsp3) is 0.625. The summed E-state index contributed by atoms with van der Waals surface area (Å²) in [6.45, 7) is 8.68. The van der Waals surface area contributed by atoms with E-state index in [4.69, 9.17) is 11.6 Å². The van der Waals surface area contributed by atoms with Gasteiger partial charge in [-0.25, -0.2) is 0 Å². The van der Waals surface area contributed by atoms with E-state index in [9.17, 15) is 0 Å². The molecule has 108 valence electrons. The third kappa shape index (κ3) is 4.39. The monoisotopic (exact) mass is 282 g/mol. The standard InChI is InChI=1S/C16H27ClN2/c1-5-7-11-19(13(3)6-2)16-14(12-18-4)9-8-10-15(16)17/h8-10,13,18H,5-7,11-12H2,1-4H3. The van der Waals surface area contributed by atoms with Crippen molar-refractivity contribution in [2.24, 2.45) is 0 Å². The van der Waals surface area contributed by atoms with Crippen LogP contribution in [0, 0.1) is 0 Å². The molecule has 0 radical (unpaired) electrons. The molecule has 0 fully saturated rings. The van der Waals surface area contributed by atoms with Crippen LogP contribution in [0.15, 0.2) is 18.2 Å². The van der Waals surface area contributed by atoms with Crippen LogP contribution in [0.5, 0.6) is 0 Å². The molecule has 1 rings (SSSR count). The Morgan fingerprint density at radius 1 is 1.32 bits per heavy atom. The first-order chi connectivity index (χ1) is 9.15. The van der Waals surface area contributed by atoms with E-state index in [1.54, 1.807) is 0 Å². The molecule has 0 aliphatic rings. The van der Waals surface area contributed by atoms with Gasteiger partial charge in [-0.05, 0) is 38.4 Å². The van der Waals surface area contributed by atoms with Crippen molar-refractivity contribution >= 4 is 17.3 Å². The highest BCUT2D eigenvalue weighted by Crippen LogP contribution is 2.32. The molecule has 0 aromatic heterocycles. The molecule has 2 nitrogen and oxygen atoms in total. The Kier molecular flexibility index (Phi) is 7.25. The zero-order valence-electron chi connectivity index (χ0n) is 12.7. The van der Waals surface area contributed by atoms with Gasteiger partial charge in [0.25, 0.3) is 0 Å². The predicted molar refractivity (Wildman–Crippen MR) is 86.2 cm³/mol. The van der Waals surface area contributed by atoms with Gasteiger partial charge in [-0.3, -0.25) is 0 Å². The van der Waals surface area contributed by atoms with Gasteiger partial charge in [-0.1, -0.05) is 44.0 Å². The molecule has 0 spiro atoms. The second-order valence-corrected chi connectivity index (χ2v) is 5.49. The van der Waals surface area contributed by atoms with E-state index < -0.39 is 0 Å². The van der Waals surface area contributed by atoms with Crippen molar-refractivity contribution < 1.29 is 0 Å². The largest absolute Gasteiger partial charge is 0.367 e. The molecule has 19 heavy (non-hydrogen) atoms. The average Bonchev–Trinajstić information content (AvgIpc) is 2.41. The average molecular weight is 283 g/mol. The number of anilines is 1. The number of nitrogens with one attached hydrogen (secondary N) is 1. The topological polar surface area (TPSA) is 15.3 Å². The lowest BCUT2D eigenvalue weighted by molar-refractivity contribution is 0.592. The first-order valence-electron chi connectivity index (χ1n) is 7.34. The van der Waals surface area contributed by atoms with Crippen LogP contribution in [0.1, 0.15) is 45.6 Å². The molecular weight excluding hydrogens is 256 g/mol. The minimum Gasteiger partial charge on any atom is -0.367 e. The van der Waals surface area contributed by atoms with Crippen molar-refractivity contribution in [3.8, 4) is 0 Å². The molecule has 1 aromatic rings. The van der Waals surface area contributed by atoms with Gasteiger partial charge >= 0.3 is 0 Å². The zero-order valence-corrected chi connectivity index (χ0v) is 13.4. The summed E-state index contributed by atoms with van der Waals surface area (Å²) in [5.74, 6) is 0. The predicted octanol–water partition coefficient (Wildman–Crippen LogP) is 4.46. The van der Waals surface area contributed by atoms with Gasteiger partial charge in [0.15, 0.2) is 0 Å². The van der Waals surface area contributed by atoms with E-state index in [0.717, 1.165) is 24.5 Å². The lowest BCUT2D eigenvalue weighted by atomic mass is 10.1. The lowest BCUT2D eigenvalue weighted by Gasteiger charge is -2.33. The molecule has 1 unspecified atom stereocenters. The molecule has 1 atom stereocenters. The SMILES string of the molecule is CCCCN(c1c(Cl)cccc1CNC)C(C)CC. The highest BCUT2D eigenvalue weighted by atomic mass is 35.5. The highest BCUT2D eigenvalue weighted by molar-refractivity contribution is 6.33. The molecule has 1 aromatic carbocycles. The number of rotatable bonds is 8. The molecule has 3 heteroatoms. The Morgan fingerprint density at radius 2 is 2.05 bits per heavy atom. The number of unbranched alkanes of at least 4 members (excludes halogenated alkanes) is 1. The van der Waals surface area contributed by atoms with Gasteiger partial charge in [-0.15, -0.1) is 0 Å². The van der Waals surface area contributed by atoms with Crippen molar-refractivity contribution in [3.63, 3.8) is 0 Å². The number of hydrogen-bond acceptors (Lipinski definition) is 2. The molecule has 0 saturated heterocycles. The summed E-state index contributed by atoms with van der Waals surface area (Å²) in [6, 6.07) is 6.71. The van der Waals surface area contributed by atoms with E-state index in [-0.39, 0.29) is 0 Å². The van der Waals surface area contributed by atoms with Gasteiger partial charge in [0.2, 0.25) is 0 Å². The van der Waals surface area contributed by atoms with Crippen LogP contribution in [0.4, 0.5) is 5.69 Å². The Morgan fingerprint density at radius 3 is 2.63 bits per heavy atom. The van der Waals surface area contributed by atoms with Crippen LogP contribution >= 0.6 is 11.6 Å². The van der Waals surface area contributed by atoms with Crippen molar-refractivity contribution in [1.29, 1.82) is 0 Å². The molecule has 0 bridgehead atoms. The van der Waals surface area contributed by atoms with Crippen LogP contribution in [-0.2, 0) is 6.54 Å². The van der Waals surface area contributed by atoms with Gasteiger partial charge in [0.1, 0.15) is 0 Å². The van der Waals surface area contributed by atoms with Crippen LogP contribution < -0.4 is 10.2 Å². The molecule has 0 heterocycles. The van der Waals surface area contributed by atoms with Gasteiger partial charge < -0.3 is 10.2 Å². The van der Waals surface area contributed by atoms with Crippen LogP contribution in [-0.4, -0.2) is 19.6 Å². The number of hydrogen-bond donors (Lipinski definition) is 1. The molecule has 1 N–H and O–H groups in total. The number of para-hydroxylation sites is 1. The van der Waals surface area contributed by atoms with Gasteiger partial charge in [0.05, 0.1) is 10.7 Å². The van der Waals surface area contributed by atoms with E-state index >= 15 is 0 Å². The molecule has 0 amide bonds. The first kappa shape index (κ1) is 16.3. The molecular formula is C16H27ClN2. The van der Waals surface area contributed by atoms with E-state index in [2.05, 4.69) is 37.1 Å². The molecule has 0 aliphatic heterocycles. The van der Waals surface area contributed by atoms with Crippen LogP contribution in [0.2, 0.25) is 5.02 Å². The summed E-state index contributed by atoms with van der Waals surface area (Å²) < 4.78 is 0. The quantitative estimate of drug-likeness (QED) is 0.757. The lowest BCUT2D eigenvalue weighted by Crippen LogP contribution is -2.34. The van der Waals surface area contributed by atoms with Gasteiger partial charge in [0, 0.05) is 19.1 Å². The Labute approximate surface area is 123 Å². The molecule has 0 saturated carbocycles. The highest BCUT2D eigenvalue weighted by Gasteiger charge is 2.18. The Bertz CT molecular complexity index is 379. The number of nitrogens with zero attached hydrogens (tertiary/aromatic N) is 1. The van der Waals surface area contributed by atoms with Crippen LogP contribution in [0.25, 0.3) is 0 Å². The van der Waals surface area contributed by atoms with Crippen molar-refractivity contribution in [1.82, 2.24) is 5.32 Å². The first-order valence-corrected chi connectivity index (χ1v) is 7.72. The van der Waals surface area contributed by atoms with Gasteiger partial charge in [-0.2, -0.15) is 0 Å². The van der Waals surface area contributed by atoms with Crippen molar-refractivity contribution in [3.05, 3.63) is 28.8 Å². The maximum Gasteiger partial charge on any atom is 0.0643 e. The van der Waals surface area contributed by atoms with Crippen molar-refractivity contribution in [2.45, 2.75) is 52.6 Å². The second-order valence-electron chi connectivity index (χ2n) is 5.08. The summed E-state index contributed by atoms with van der Waals surface area (Å²) in [5, 5.41) is 4.10. The van der Waals surface area contributed by atoms with Crippen LogP contribution in [0.3, 0.4) is 0 Å². The van der Waals surface area contributed by atoms with Crippen molar-refractivity contribution in [2.75, 3.05) is 18.5 Å². The maximum absolute atomic E-state index is 6.47. The molecule has 0 aliphatic carbocycles. The number of benzene rings is 1. The third-order valence-corrected chi connectivity index (χ3v) is 3.91. The Hall–Kier alpha value is -0.730. The fourth-order valence-electron chi connectivity index (χ4n) is 2.32. The fourth-order valence-corrected chi connectivity index (χ4v) is 2.62. The van der Waals surface area contributed by atoms with E-state index in [0.29, 0.717) is 6.04 Å². The summed E-state index contributed by atoms with van der Waals surface area (Å²) >= 11 is 6.47. The summed E-state index contributed by atoms with van der Waals surface area (Å²) in [6.07, 6.45) is 3.54. The smallest absolute Gasteiger partial charge is 0.0643 e. The Balaban J connectivity index is 3.11. The summed E-state index contributed by atoms with van der Waals surface area (Å²) in [4.78, 5) is 2.47. The minimum atomic E-state index is 0.516. The second kappa shape index (κ2) is 8.44. The third-order valence-electron chi connectivity index (χ3n) is 3.60. The number of halogens is 1. The maximum atomic E-state index is 6.47. The van der Waals surface area contributed by atoms with E-state index in [1.165, 1.54) is 24.1 Å². The zero-order chi connectivity index (χ0) is 14.3. The van der Waals surface area contributed by atoms with E-state index in [1.807, 2.05) is 19.2 Å².